The van der Waals surface area contributed by atoms with Crippen LogP contribution in [0.15, 0.2) is 36.7 Å². The quantitative estimate of drug-likeness (QED) is 0.614. The van der Waals surface area contributed by atoms with Crippen LogP contribution in [0.2, 0.25) is 0 Å². The van der Waals surface area contributed by atoms with Crippen molar-refractivity contribution in [1.82, 2.24) is 18.2 Å². The summed E-state index contributed by atoms with van der Waals surface area (Å²) in [6.45, 7) is 2.75. The largest absolute Gasteiger partial charge is 0.465 e. The molecular weight excluding hydrogens is 420 g/mol. The number of ether oxygens (including phenoxy) is 1. The summed E-state index contributed by atoms with van der Waals surface area (Å²) in [5.41, 5.74) is 1.76. The Morgan fingerprint density at radius 3 is 2.61 bits per heavy atom. The fraction of sp³-hybridized carbons (Fsp3) is 0.476. The van der Waals surface area contributed by atoms with Gasteiger partial charge in [-0.25, -0.2) is 8.96 Å². The third kappa shape index (κ3) is 3.63. The highest BCUT2D eigenvalue weighted by Gasteiger charge is 2.54. The van der Waals surface area contributed by atoms with Gasteiger partial charge in [0.2, 0.25) is 5.91 Å². The molecule has 0 unspecified atom stereocenters. The van der Waals surface area contributed by atoms with Crippen LogP contribution >= 0.6 is 0 Å². The average molecular weight is 447 g/mol. The fourth-order valence-corrected chi connectivity index (χ4v) is 5.56. The zero-order chi connectivity index (χ0) is 22.3. The monoisotopic (exact) mass is 446 g/mol. The molecule has 2 heterocycles. The van der Waals surface area contributed by atoms with Crippen molar-refractivity contribution in [3.63, 3.8) is 0 Å². The van der Waals surface area contributed by atoms with Crippen LogP contribution < -0.4 is 0 Å². The highest BCUT2D eigenvalue weighted by molar-refractivity contribution is 7.87. The molecule has 1 aromatic carbocycles. The van der Waals surface area contributed by atoms with E-state index in [1.165, 1.54) is 20.4 Å². The van der Waals surface area contributed by atoms with Gasteiger partial charge in [-0.1, -0.05) is 30.3 Å². The number of carbonyl (C=O) groups is 2. The highest BCUT2D eigenvalue weighted by atomic mass is 32.2. The van der Waals surface area contributed by atoms with Crippen molar-refractivity contribution in [2.45, 2.75) is 25.8 Å². The van der Waals surface area contributed by atoms with Gasteiger partial charge < -0.3 is 9.64 Å². The number of esters is 1. The van der Waals surface area contributed by atoms with Gasteiger partial charge in [-0.2, -0.15) is 12.7 Å². The van der Waals surface area contributed by atoms with Gasteiger partial charge in [0.25, 0.3) is 0 Å². The Kier molecular flexibility index (Phi) is 5.61. The molecule has 2 aliphatic rings. The molecule has 9 nitrogen and oxygen atoms in total. The molecule has 1 aliphatic heterocycles. The van der Waals surface area contributed by atoms with E-state index in [0.29, 0.717) is 25.2 Å². The third-order valence-electron chi connectivity index (χ3n) is 5.99. The molecule has 166 valence electrons. The maximum absolute atomic E-state index is 13.4. The molecule has 0 spiro atoms. The van der Waals surface area contributed by atoms with Crippen LogP contribution in [0.3, 0.4) is 0 Å². The van der Waals surface area contributed by atoms with E-state index in [9.17, 15) is 18.0 Å². The van der Waals surface area contributed by atoms with Crippen molar-refractivity contribution in [2.75, 3.05) is 27.2 Å². The van der Waals surface area contributed by atoms with E-state index in [1.807, 2.05) is 30.3 Å². The summed E-state index contributed by atoms with van der Waals surface area (Å²) in [6, 6.07) is 9.65. The van der Waals surface area contributed by atoms with Crippen molar-refractivity contribution in [2.24, 2.45) is 11.8 Å². The first-order chi connectivity index (χ1) is 14.8. The predicted octanol–water partition coefficient (Wildman–Crippen LogP) is 1.02. The normalized spacial score (nSPS) is 23.0. The van der Waals surface area contributed by atoms with Crippen LogP contribution in [0.25, 0.3) is 0 Å². The maximum Gasteiger partial charge on any atom is 0.315 e. The van der Waals surface area contributed by atoms with Gasteiger partial charge in [0, 0.05) is 27.2 Å². The summed E-state index contributed by atoms with van der Waals surface area (Å²) < 4.78 is 33.1. The summed E-state index contributed by atoms with van der Waals surface area (Å²) in [7, 11) is -1.09. The first-order valence-corrected chi connectivity index (χ1v) is 11.6. The molecule has 2 aromatic rings. The number of nitrogens with zero attached hydrogens (tertiary/aromatic N) is 4. The van der Waals surface area contributed by atoms with E-state index in [4.69, 9.17) is 4.74 Å². The minimum absolute atomic E-state index is 0.136. The van der Waals surface area contributed by atoms with E-state index >= 15 is 0 Å². The minimum Gasteiger partial charge on any atom is -0.465 e. The lowest BCUT2D eigenvalue weighted by Gasteiger charge is -2.31. The van der Waals surface area contributed by atoms with Crippen molar-refractivity contribution in [3.8, 4) is 0 Å². The molecule has 3 atom stereocenters. The van der Waals surface area contributed by atoms with Gasteiger partial charge >= 0.3 is 16.2 Å². The first kappa shape index (κ1) is 21.5. The second-order valence-electron chi connectivity index (χ2n) is 8.09. The summed E-state index contributed by atoms with van der Waals surface area (Å²) in [5, 5.41) is 0. The Labute approximate surface area is 181 Å². The number of carbonyl (C=O) groups excluding carboxylic acids is 2. The van der Waals surface area contributed by atoms with Crippen LogP contribution in [0.4, 0.5) is 0 Å². The number of benzene rings is 1. The van der Waals surface area contributed by atoms with Gasteiger partial charge in [-0.05, 0) is 24.8 Å². The Morgan fingerprint density at radius 2 is 1.97 bits per heavy atom. The Bertz CT molecular complexity index is 1100. The molecule has 0 radical (unpaired) electrons. The number of aromatic nitrogens is 2. The van der Waals surface area contributed by atoms with Gasteiger partial charge in [0.05, 0.1) is 23.9 Å². The maximum atomic E-state index is 13.4. The minimum atomic E-state index is -3.91. The molecule has 0 saturated carbocycles. The Hall–Kier alpha value is -2.72. The van der Waals surface area contributed by atoms with Gasteiger partial charge in [0.15, 0.2) is 0 Å². The molecule has 0 bridgehead atoms. The smallest absolute Gasteiger partial charge is 0.315 e. The molecule has 1 amide bonds. The molecular formula is C21H26N4O5S. The number of fused-ring (bicyclic) bond motifs is 2. The standard InChI is InChI=1S/C21H26N4O5S/c1-4-30-21(27)18-17-15(12-24(20(17)26)11-14-8-6-5-7-9-14)10-16-19(18)25(13-22-16)31(28,29)23(2)3/h5-9,13,15,17-18H,4,10-12H2,1-3H3/t15-,17-,18+/m1/s1. The van der Waals surface area contributed by atoms with Crippen LogP contribution in [0.1, 0.15) is 29.8 Å². The van der Waals surface area contributed by atoms with E-state index in [0.717, 1.165) is 13.8 Å². The van der Waals surface area contributed by atoms with Crippen LogP contribution in [0.5, 0.6) is 0 Å². The van der Waals surface area contributed by atoms with Gasteiger partial charge in [-0.3, -0.25) is 9.59 Å². The zero-order valence-corrected chi connectivity index (χ0v) is 18.6. The fourth-order valence-electron chi connectivity index (χ4n) is 4.57. The SMILES string of the molecule is CCOC(=O)[C@@H]1c2c(ncn2S(=O)(=O)N(C)C)C[C@@H]2CN(Cc3ccccc3)C(=O)[C@H]21. The van der Waals surface area contributed by atoms with Crippen LogP contribution in [-0.4, -0.2) is 65.7 Å². The molecule has 1 aromatic heterocycles. The first-order valence-electron chi connectivity index (χ1n) is 10.2. The molecule has 4 rings (SSSR count). The Balaban J connectivity index is 1.75. The average Bonchev–Trinajstić information content (AvgIpc) is 3.29. The number of rotatable bonds is 6. The number of amides is 1. The van der Waals surface area contributed by atoms with Crippen molar-refractivity contribution in [3.05, 3.63) is 53.6 Å². The molecule has 31 heavy (non-hydrogen) atoms. The number of hydrogen-bond acceptors (Lipinski definition) is 6. The molecule has 1 saturated heterocycles. The second kappa shape index (κ2) is 8.08. The number of hydrogen-bond donors (Lipinski definition) is 0. The second-order valence-corrected chi connectivity index (χ2v) is 10.1. The van der Waals surface area contributed by atoms with Crippen molar-refractivity contribution >= 4 is 22.1 Å². The van der Waals surface area contributed by atoms with Crippen molar-refractivity contribution in [1.29, 1.82) is 0 Å². The lowest BCUT2D eigenvalue weighted by molar-refractivity contribution is -0.150. The predicted molar refractivity (Wildman–Crippen MR) is 112 cm³/mol. The zero-order valence-electron chi connectivity index (χ0n) is 17.8. The molecule has 0 N–H and O–H groups in total. The number of likely N-dealkylation sites (tertiary alicyclic amines) is 1. The van der Waals surface area contributed by atoms with Gasteiger partial charge in [-0.15, -0.1) is 0 Å². The summed E-state index contributed by atoms with van der Waals surface area (Å²) in [5.74, 6) is -2.58. The molecule has 1 fully saturated rings. The molecule has 1 aliphatic carbocycles. The van der Waals surface area contributed by atoms with Crippen LogP contribution in [0, 0.1) is 11.8 Å². The highest BCUT2D eigenvalue weighted by Crippen LogP contribution is 2.45. The summed E-state index contributed by atoms with van der Waals surface area (Å²) in [6.07, 6.45) is 1.66. The summed E-state index contributed by atoms with van der Waals surface area (Å²) >= 11 is 0. The lowest BCUT2D eigenvalue weighted by atomic mass is 9.74. The molecule has 10 heteroatoms. The third-order valence-corrected chi connectivity index (χ3v) is 7.70. The lowest BCUT2D eigenvalue weighted by Crippen LogP contribution is -2.40. The summed E-state index contributed by atoms with van der Waals surface area (Å²) in [4.78, 5) is 32.5. The van der Waals surface area contributed by atoms with E-state index < -0.39 is 28.0 Å². The van der Waals surface area contributed by atoms with Crippen molar-refractivity contribution < 1.29 is 22.7 Å². The van der Waals surface area contributed by atoms with E-state index in [-0.39, 0.29) is 24.1 Å². The van der Waals surface area contributed by atoms with Gasteiger partial charge in [0.1, 0.15) is 12.2 Å². The van der Waals surface area contributed by atoms with Crippen LogP contribution in [-0.2, 0) is 37.5 Å². The van der Waals surface area contributed by atoms with E-state index in [2.05, 4.69) is 4.98 Å². The van der Waals surface area contributed by atoms with E-state index in [1.54, 1.807) is 11.8 Å². The number of imidazole rings is 1. The topological polar surface area (TPSA) is 102 Å². The Morgan fingerprint density at radius 1 is 1.26 bits per heavy atom.